The van der Waals surface area contributed by atoms with Gasteiger partial charge in [-0.2, -0.15) is 0 Å². The molecular weight excluding hydrogens is 367 g/mol. The van der Waals surface area contributed by atoms with E-state index in [1.54, 1.807) is 25.1 Å². The molecule has 2 amide bonds. The van der Waals surface area contributed by atoms with Crippen molar-refractivity contribution < 1.29 is 14.0 Å². The Labute approximate surface area is 172 Å². The molecular formula is C24H29FN2O2. The number of amides is 2. The Bertz CT molecular complexity index is 844. The number of carbonyl (C=O) groups is 2. The van der Waals surface area contributed by atoms with Crippen LogP contribution >= 0.6 is 0 Å². The highest BCUT2D eigenvalue weighted by atomic mass is 19.1. The molecule has 0 aliphatic heterocycles. The Morgan fingerprint density at radius 2 is 1.76 bits per heavy atom. The van der Waals surface area contributed by atoms with E-state index in [1.165, 1.54) is 11.0 Å². The van der Waals surface area contributed by atoms with E-state index in [0.717, 1.165) is 36.8 Å². The number of nitrogens with one attached hydrogen (secondary N) is 1. The second kappa shape index (κ2) is 9.68. The van der Waals surface area contributed by atoms with Gasteiger partial charge in [-0.05, 0) is 38.3 Å². The number of carbonyl (C=O) groups excluding carboxylic acids is 2. The van der Waals surface area contributed by atoms with E-state index >= 15 is 0 Å². The molecule has 1 unspecified atom stereocenters. The van der Waals surface area contributed by atoms with Gasteiger partial charge >= 0.3 is 0 Å². The second-order valence-electron chi connectivity index (χ2n) is 7.94. The van der Waals surface area contributed by atoms with Crippen molar-refractivity contribution in [2.45, 2.75) is 64.6 Å². The van der Waals surface area contributed by atoms with E-state index in [9.17, 15) is 14.0 Å². The third kappa shape index (κ3) is 5.66. The van der Waals surface area contributed by atoms with E-state index in [0.29, 0.717) is 5.56 Å². The first-order valence-corrected chi connectivity index (χ1v) is 10.3. The van der Waals surface area contributed by atoms with Gasteiger partial charge in [0.05, 0.1) is 6.42 Å². The summed E-state index contributed by atoms with van der Waals surface area (Å²) in [7, 11) is 0. The minimum absolute atomic E-state index is 0.0661. The number of benzene rings is 2. The van der Waals surface area contributed by atoms with Crippen molar-refractivity contribution in [3.05, 3.63) is 71.0 Å². The highest BCUT2D eigenvalue weighted by Gasteiger charge is 2.29. The maximum absolute atomic E-state index is 14.2. The van der Waals surface area contributed by atoms with Gasteiger partial charge in [-0.1, -0.05) is 60.9 Å². The number of nitrogens with zero attached hydrogens (tertiary/aromatic N) is 1. The first-order chi connectivity index (χ1) is 13.9. The maximum atomic E-state index is 14.2. The quantitative estimate of drug-likeness (QED) is 0.764. The Hall–Kier alpha value is -2.69. The average Bonchev–Trinajstić information content (AvgIpc) is 3.21. The van der Waals surface area contributed by atoms with Gasteiger partial charge in [0.25, 0.3) is 0 Å². The van der Waals surface area contributed by atoms with Crippen LogP contribution in [0, 0.1) is 12.7 Å². The van der Waals surface area contributed by atoms with Gasteiger partial charge in [0.15, 0.2) is 0 Å². The van der Waals surface area contributed by atoms with E-state index in [4.69, 9.17) is 0 Å². The number of aryl methyl sites for hydroxylation is 1. The number of hydrogen-bond donors (Lipinski definition) is 1. The van der Waals surface area contributed by atoms with Crippen molar-refractivity contribution in [2.24, 2.45) is 0 Å². The van der Waals surface area contributed by atoms with Crippen LogP contribution < -0.4 is 5.32 Å². The van der Waals surface area contributed by atoms with Crippen molar-refractivity contribution in [3.8, 4) is 0 Å². The number of rotatable bonds is 7. The Morgan fingerprint density at radius 1 is 1.10 bits per heavy atom. The minimum atomic E-state index is -0.673. The summed E-state index contributed by atoms with van der Waals surface area (Å²) < 4.78 is 14.2. The molecule has 4 nitrogen and oxygen atoms in total. The molecule has 0 heterocycles. The molecule has 1 atom stereocenters. The molecule has 1 saturated carbocycles. The standard InChI is InChI=1S/C24H29FN2O2/c1-17-11-13-19(14-12-17)15-23(28)27(16-20-7-3-6-10-22(20)25)18(2)24(29)26-21-8-4-5-9-21/h3,6-7,10-14,18,21H,4-5,8-9,15-16H2,1-2H3,(H,26,29). The van der Waals surface area contributed by atoms with Crippen LogP contribution in [0.25, 0.3) is 0 Å². The molecule has 1 N–H and O–H groups in total. The second-order valence-corrected chi connectivity index (χ2v) is 7.94. The zero-order chi connectivity index (χ0) is 20.8. The predicted molar refractivity (Wildman–Crippen MR) is 112 cm³/mol. The summed E-state index contributed by atoms with van der Waals surface area (Å²) >= 11 is 0. The lowest BCUT2D eigenvalue weighted by molar-refractivity contribution is -0.140. The molecule has 2 aromatic rings. The Balaban J connectivity index is 1.77. The van der Waals surface area contributed by atoms with Crippen LogP contribution in [-0.4, -0.2) is 28.8 Å². The van der Waals surface area contributed by atoms with Crippen LogP contribution in [0.1, 0.15) is 49.3 Å². The predicted octanol–water partition coefficient (Wildman–Crippen LogP) is 4.15. The highest BCUT2D eigenvalue weighted by Crippen LogP contribution is 2.19. The minimum Gasteiger partial charge on any atom is -0.352 e. The fourth-order valence-corrected chi connectivity index (χ4v) is 3.77. The third-order valence-corrected chi connectivity index (χ3v) is 5.64. The molecule has 0 spiro atoms. The Kier molecular flexibility index (Phi) is 7.02. The van der Waals surface area contributed by atoms with Crippen molar-refractivity contribution in [1.29, 1.82) is 0 Å². The lowest BCUT2D eigenvalue weighted by atomic mass is 10.1. The zero-order valence-corrected chi connectivity index (χ0v) is 17.2. The van der Waals surface area contributed by atoms with Crippen LogP contribution in [0.5, 0.6) is 0 Å². The molecule has 3 rings (SSSR count). The molecule has 0 bridgehead atoms. The summed E-state index contributed by atoms with van der Waals surface area (Å²) in [6.07, 6.45) is 4.36. The normalized spacial score (nSPS) is 15.1. The number of halogens is 1. The van der Waals surface area contributed by atoms with Gasteiger partial charge in [-0.25, -0.2) is 4.39 Å². The summed E-state index contributed by atoms with van der Waals surface area (Å²) in [6, 6.07) is 13.6. The SMILES string of the molecule is Cc1ccc(CC(=O)N(Cc2ccccc2F)C(C)C(=O)NC2CCCC2)cc1. The summed E-state index contributed by atoms with van der Waals surface area (Å²) in [5.74, 6) is -0.735. The molecule has 1 aliphatic rings. The van der Waals surface area contributed by atoms with E-state index in [2.05, 4.69) is 5.32 Å². The Morgan fingerprint density at radius 3 is 2.41 bits per heavy atom. The highest BCUT2D eigenvalue weighted by molar-refractivity contribution is 5.88. The summed E-state index contributed by atoms with van der Waals surface area (Å²) in [5, 5.41) is 3.06. The molecule has 5 heteroatoms. The van der Waals surface area contributed by atoms with Gasteiger partial charge in [-0.15, -0.1) is 0 Å². The van der Waals surface area contributed by atoms with Crippen molar-refractivity contribution in [3.63, 3.8) is 0 Å². The molecule has 154 valence electrons. The van der Waals surface area contributed by atoms with Crippen LogP contribution in [0.4, 0.5) is 4.39 Å². The van der Waals surface area contributed by atoms with Crippen molar-refractivity contribution in [1.82, 2.24) is 10.2 Å². The van der Waals surface area contributed by atoms with E-state index in [1.807, 2.05) is 31.2 Å². The first kappa shape index (κ1) is 21.0. The molecule has 1 fully saturated rings. The first-order valence-electron chi connectivity index (χ1n) is 10.3. The third-order valence-electron chi connectivity index (χ3n) is 5.64. The number of hydrogen-bond acceptors (Lipinski definition) is 2. The molecule has 0 saturated heterocycles. The van der Waals surface area contributed by atoms with Crippen molar-refractivity contribution >= 4 is 11.8 Å². The fourth-order valence-electron chi connectivity index (χ4n) is 3.77. The van der Waals surface area contributed by atoms with Crippen LogP contribution in [-0.2, 0) is 22.6 Å². The topological polar surface area (TPSA) is 49.4 Å². The molecule has 0 radical (unpaired) electrons. The smallest absolute Gasteiger partial charge is 0.242 e. The van der Waals surface area contributed by atoms with Gasteiger partial charge in [0, 0.05) is 18.2 Å². The van der Waals surface area contributed by atoms with Crippen LogP contribution in [0.15, 0.2) is 48.5 Å². The van der Waals surface area contributed by atoms with Crippen LogP contribution in [0.2, 0.25) is 0 Å². The van der Waals surface area contributed by atoms with Gasteiger partial charge in [0.1, 0.15) is 11.9 Å². The van der Waals surface area contributed by atoms with Gasteiger partial charge in [0.2, 0.25) is 11.8 Å². The molecule has 1 aliphatic carbocycles. The van der Waals surface area contributed by atoms with Crippen molar-refractivity contribution in [2.75, 3.05) is 0 Å². The molecule has 0 aromatic heterocycles. The van der Waals surface area contributed by atoms with Crippen LogP contribution in [0.3, 0.4) is 0 Å². The average molecular weight is 397 g/mol. The zero-order valence-electron chi connectivity index (χ0n) is 17.2. The monoisotopic (exact) mass is 396 g/mol. The molecule has 29 heavy (non-hydrogen) atoms. The van der Waals surface area contributed by atoms with Gasteiger partial charge in [-0.3, -0.25) is 9.59 Å². The van der Waals surface area contributed by atoms with E-state index in [-0.39, 0.29) is 36.6 Å². The molecule has 2 aromatic carbocycles. The maximum Gasteiger partial charge on any atom is 0.242 e. The summed E-state index contributed by atoms with van der Waals surface area (Å²) in [6.45, 7) is 3.78. The fraction of sp³-hybridized carbons (Fsp3) is 0.417. The lowest BCUT2D eigenvalue weighted by Gasteiger charge is -2.30. The lowest BCUT2D eigenvalue weighted by Crippen LogP contribution is -2.50. The summed E-state index contributed by atoms with van der Waals surface area (Å²) in [4.78, 5) is 27.4. The largest absolute Gasteiger partial charge is 0.352 e. The summed E-state index contributed by atoms with van der Waals surface area (Å²) in [5.41, 5.74) is 2.40. The van der Waals surface area contributed by atoms with E-state index < -0.39 is 6.04 Å². The van der Waals surface area contributed by atoms with Gasteiger partial charge < -0.3 is 10.2 Å².